The number of benzene rings is 1. The van der Waals surface area contributed by atoms with Gasteiger partial charge in [-0.2, -0.15) is 0 Å². The van der Waals surface area contributed by atoms with E-state index in [2.05, 4.69) is 69.2 Å². The van der Waals surface area contributed by atoms with Crippen LogP contribution in [0.3, 0.4) is 0 Å². The zero-order valence-corrected chi connectivity index (χ0v) is 15.8. The molecule has 0 amide bonds. The highest BCUT2D eigenvalue weighted by atomic mass is 15.5. The number of nitrogens with zero attached hydrogens (tertiary/aromatic N) is 6. The minimum atomic E-state index is 0.302. The molecule has 0 aliphatic carbocycles. The third-order valence-corrected chi connectivity index (χ3v) is 5.11. The molecule has 1 atom stereocenters. The van der Waals surface area contributed by atoms with Gasteiger partial charge in [0.05, 0.1) is 6.04 Å². The van der Waals surface area contributed by atoms with Crippen molar-refractivity contribution in [3.05, 3.63) is 54.4 Å². The Balaban J connectivity index is 1.67. The molecular formula is C20H30N6. The van der Waals surface area contributed by atoms with Crippen molar-refractivity contribution in [1.82, 2.24) is 30.0 Å². The maximum Gasteiger partial charge on any atom is 0.168 e. The summed E-state index contributed by atoms with van der Waals surface area (Å²) in [5.74, 6) is 1.01. The van der Waals surface area contributed by atoms with Crippen LogP contribution in [0.25, 0.3) is 0 Å². The van der Waals surface area contributed by atoms with Crippen molar-refractivity contribution in [3.63, 3.8) is 0 Å². The number of piperazine rings is 1. The molecule has 2 heterocycles. The third-order valence-electron chi connectivity index (χ3n) is 5.11. The van der Waals surface area contributed by atoms with E-state index in [9.17, 15) is 0 Å². The number of aryl methyl sites for hydroxylation is 2. The Labute approximate surface area is 156 Å². The molecule has 0 saturated carbocycles. The van der Waals surface area contributed by atoms with E-state index in [1.54, 1.807) is 0 Å². The molecule has 2 aromatic rings. The summed E-state index contributed by atoms with van der Waals surface area (Å²) in [4.78, 5) is 5.00. The molecule has 0 N–H and O–H groups in total. The van der Waals surface area contributed by atoms with Crippen LogP contribution in [0, 0.1) is 0 Å². The Bertz CT molecular complexity index is 660. The summed E-state index contributed by atoms with van der Waals surface area (Å²) >= 11 is 0. The highest BCUT2D eigenvalue weighted by Gasteiger charge is 2.28. The predicted molar refractivity (Wildman–Crippen MR) is 104 cm³/mol. The number of tetrazole rings is 1. The van der Waals surface area contributed by atoms with E-state index in [-0.39, 0.29) is 0 Å². The van der Waals surface area contributed by atoms with Gasteiger partial charge in [0.25, 0.3) is 0 Å². The van der Waals surface area contributed by atoms with Crippen LogP contribution < -0.4 is 0 Å². The van der Waals surface area contributed by atoms with E-state index in [0.717, 1.165) is 64.4 Å². The molecule has 1 aliphatic heterocycles. The first-order valence-electron chi connectivity index (χ1n) is 9.69. The average Bonchev–Trinajstić information content (AvgIpc) is 3.14. The van der Waals surface area contributed by atoms with Gasteiger partial charge < -0.3 is 0 Å². The lowest BCUT2D eigenvalue weighted by atomic mass is 10.1. The molecule has 1 aromatic heterocycles. The molecule has 3 rings (SSSR count). The fraction of sp³-hybridized carbons (Fsp3) is 0.550. The fourth-order valence-electron chi connectivity index (χ4n) is 3.68. The molecule has 0 bridgehead atoms. The molecule has 1 aliphatic rings. The Kier molecular flexibility index (Phi) is 6.91. The van der Waals surface area contributed by atoms with Gasteiger partial charge >= 0.3 is 0 Å². The maximum atomic E-state index is 4.41. The minimum Gasteiger partial charge on any atom is -0.297 e. The zero-order valence-electron chi connectivity index (χ0n) is 15.8. The summed E-state index contributed by atoms with van der Waals surface area (Å²) < 4.78 is 2.00. The van der Waals surface area contributed by atoms with Gasteiger partial charge in [0.15, 0.2) is 5.82 Å². The number of aromatic nitrogens is 4. The summed E-state index contributed by atoms with van der Waals surface area (Å²) in [5, 5.41) is 12.7. The van der Waals surface area contributed by atoms with Crippen molar-refractivity contribution in [2.24, 2.45) is 0 Å². The van der Waals surface area contributed by atoms with Crippen molar-refractivity contribution >= 4 is 0 Å². The second-order valence-electron chi connectivity index (χ2n) is 6.93. The van der Waals surface area contributed by atoms with Gasteiger partial charge in [0, 0.05) is 39.3 Å². The van der Waals surface area contributed by atoms with Crippen LogP contribution in [0.2, 0.25) is 0 Å². The molecule has 26 heavy (non-hydrogen) atoms. The van der Waals surface area contributed by atoms with Crippen molar-refractivity contribution in [2.45, 2.75) is 38.8 Å². The zero-order chi connectivity index (χ0) is 18.2. The minimum absolute atomic E-state index is 0.302. The number of rotatable bonds is 9. The van der Waals surface area contributed by atoms with Crippen LogP contribution in [0.1, 0.15) is 37.2 Å². The summed E-state index contributed by atoms with van der Waals surface area (Å²) in [6, 6.07) is 10.8. The molecule has 1 fully saturated rings. The number of hydrogen-bond donors (Lipinski definition) is 0. The smallest absolute Gasteiger partial charge is 0.168 e. The first kappa shape index (κ1) is 18.7. The lowest BCUT2D eigenvalue weighted by Gasteiger charge is -2.38. The van der Waals surface area contributed by atoms with Crippen LogP contribution in [0.15, 0.2) is 43.0 Å². The van der Waals surface area contributed by atoms with Crippen LogP contribution in [0.4, 0.5) is 0 Å². The Morgan fingerprint density at radius 3 is 2.62 bits per heavy atom. The quantitative estimate of drug-likeness (QED) is 0.648. The Hall–Kier alpha value is -2.05. The second kappa shape index (κ2) is 9.59. The molecule has 0 spiro atoms. The maximum absolute atomic E-state index is 4.41. The van der Waals surface area contributed by atoms with E-state index in [0.29, 0.717) is 6.04 Å². The van der Waals surface area contributed by atoms with Crippen molar-refractivity contribution < 1.29 is 0 Å². The van der Waals surface area contributed by atoms with Crippen LogP contribution in [-0.4, -0.2) is 62.7 Å². The van der Waals surface area contributed by atoms with Crippen molar-refractivity contribution in [3.8, 4) is 0 Å². The van der Waals surface area contributed by atoms with Gasteiger partial charge in [-0.05, 0) is 28.8 Å². The Morgan fingerprint density at radius 1 is 1.15 bits per heavy atom. The van der Waals surface area contributed by atoms with Gasteiger partial charge in [-0.25, -0.2) is 4.68 Å². The third kappa shape index (κ3) is 4.77. The summed E-state index contributed by atoms with van der Waals surface area (Å²) in [6.07, 6.45) is 5.16. The molecule has 6 nitrogen and oxygen atoms in total. The van der Waals surface area contributed by atoms with E-state index in [1.807, 2.05) is 10.8 Å². The molecule has 0 radical (unpaired) electrons. The van der Waals surface area contributed by atoms with Gasteiger partial charge in [-0.15, -0.1) is 11.7 Å². The summed E-state index contributed by atoms with van der Waals surface area (Å²) in [7, 11) is 0. The van der Waals surface area contributed by atoms with E-state index in [4.69, 9.17) is 0 Å². The number of hydrogen-bond acceptors (Lipinski definition) is 5. The van der Waals surface area contributed by atoms with Crippen molar-refractivity contribution in [2.75, 3.05) is 32.7 Å². The fourth-order valence-corrected chi connectivity index (χ4v) is 3.68. The normalized spacial score (nSPS) is 17.3. The standard InChI is InChI=1S/C20H30N6/c1-3-8-19(25-16-14-24(12-4-2)15-17-25)20-21-22-23-26(20)13-11-18-9-6-5-7-10-18/h4-7,9-10,19H,2-3,8,11-17H2,1H3. The SMILES string of the molecule is C=CCN1CCN(C(CCC)c2nnnn2CCc2ccccc2)CC1. The monoisotopic (exact) mass is 354 g/mol. The molecular weight excluding hydrogens is 324 g/mol. The predicted octanol–water partition coefficient (Wildman–Crippen LogP) is 2.56. The highest BCUT2D eigenvalue weighted by Crippen LogP contribution is 2.25. The topological polar surface area (TPSA) is 50.1 Å². The van der Waals surface area contributed by atoms with Crippen LogP contribution in [0.5, 0.6) is 0 Å². The molecule has 1 saturated heterocycles. The highest BCUT2D eigenvalue weighted by molar-refractivity contribution is 5.14. The summed E-state index contributed by atoms with van der Waals surface area (Å²) in [6.45, 7) is 12.2. The average molecular weight is 355 g/mol. The largest absolute Gasteiger partial charge is 0.297 e. The van der Waals surface area contributed by atoms with Gasteiger partial charge in [-0.3, -0.25) is 9.80 Å². The van der Waals surface area contributed by atoms with Crippen LogP contribution in [-0.2, 0) is 13.0 Å². The lowest BCUT2D eigenvalue weighted by Crippen LogP contribution is -2.48. The van der Waals surface area contributed by atoms with E-state index < -0.39 is 0 Å². The molecule has 1 aromatic carbocycles. The van der Waals surface area contributed by atoms with Gasteiger partial charge in [0.1, 0.15) is 0 Å². The first-order chi connectivity index (χ1) is 12.8. The van der Waals surface area contributed by atoms with E-state index in [1.165, 1.54) is 5.56 Å². The molecule has 140 valence electrons. The Morgan fingerprint density at radius 2 is 1.92 bits per heavy atom. The molecule has 6 heteroatoms. The molecule has 1 unspecified atom stereocenters. The second-order valence-corrected chi connectivity index (χ2v) is 6.93. The first-order valence-corrected chi connectivity index (χ1v) is 9.69. The summed E-state index contributed by atoms with van der Waals surface area (Å²) in [5.41, 5.74) is 1.32. The van der Waals surface area contributed by atoms with Crippen LogP contribution >= 0.6 is 0 Å². The van der Waals surface area contributed by atoms with Gasteiger partial charge in [-0.1, -0.05) is 49.8 Å². The van der Waals surface area contributed by atoms with Gasteiger partial charge in [0.2, 0.25) is 0 Å². The lowest BCUT2D eigenvalue weighted by molar-refractivity contribution is 0.0920. The van der Waals surface area contributed by atoms with E-state index >= 15 is 0 Å². The van der Waals surface area contributed by atoms with Crippen molar-refractivity contribution in [1.29, 1.82) is 0 Å².